The molecule has 1 atom stereocenters. The summed E-state index contributed by atoms with van der Waals surface area (Å²) in [5.41, 5.74) is 0.933. The Bertz CT molecular complexity index is 623. The summed E-state index contributed by atoms with van der Waals surface area (Å²) in [7, 11) is 0. The molecule has 2 aliphatic rings. The average Bonchev–Trinajstić information content (AvgIpc) is 2.58. The molecule has 1 spiro atoms. The van der Waals surface area contributed by atoms with Gasteiger partial charge >= 0.3 is 5.97 Å². The van der Waals surface area contributed by atoms with Crippen LogP contribution in [0.15, 0.2) is 12.1 Å². The number of aryl methyl sites for hydroxylation is 1. The molecule has 130 valence electrons. The average molecular weight is 332 g/mol. The highest BCUT2D eigenvalue weighted by atomic mass is 16.4. The summed E-state index contributed by atoms with van der Waals surface area (Å²) in [6.45, 7) is 5.78. The predicted octanol–water partition coefficient (Wildman–Crippen LogP) is 1.47. The van der Waals surface area contributed by atoms with Gasteiger partial charge in [0.05, 0.1) is 5.69 Å². The monoisotopic (exact) mass is 332 g/mol. The lowest BCUT2D eigenvalue weighted by molar-refractivity contribution is -0.154. The number of piperidine rings is 2. The van der Waals surface area contributed by atoms with Gasteiger partial charge in [-0.1, -0.05) is 0 Å². The Balaban J connectivity index is 1.67. The maximum atomic E-state index is 12.1. The molecule has 0 aliphatic carbocycles. The smallest absolute Gasteiger partial charge is 0.326 e. The van der Waals surface area contributed by atoms with Gasteiger partial charge in [-0.3, -0.25) is 4.79 Å². The van der Waals surface area contributed by atoms with E-state index in [9.17, 15) is 14.7 Å². The lowest BCUT2D eigenvalue weighted by Gasteiger charge is -2.48. The standard InChI is InChI=1S/C17H24N4O3/c1-12-3-4-14(19-18-12)20-9-7-17(8-10-20)6-5-15(22)21(11-17)13(2)16(23)24/h3-4,13H,5-11H2,1-2H3,(H,23,24)/t13-/m1/s1. The third-order valence-corrected chi connectivity index (χ3v) is 5.45. The Hall–Kier alpha value is -2.18. The number of amides is 1. The zero-order valence-electron chi connectivity index (χ0n) is 14.2. The number of hydrogen-bond donors (Lipinski definition) is 1. The number of aliphatic carboxylic acids is 1. The normalized spacial score (nSPS) is 21.8. The molecule has 1 amide bonds. The van der Waals surface area contributed by atoms with Gasteiger partial charge < -0.3 is 14.9 Å². The summed E-state index contributed by atoms with van der Waals surface area (Å²) in [4.78, 5) is 27.2. The van der Waals surface area contributed by atoms with E-state index in [-0.39, 0.29) is 11.3 Å². The maximum Gasteiger partial charge on any atom is 0.326 e. The fourth-order valence-electron chi connectivity index (χ4n) is 3.71. The molecule has 0 saturated carbocycles. The topological polar surface area (TPSA) is 86.6 Å². The van der Waals surface area contributed by atoms with Crippen LogP contribution in [0.3, 0.4) is 0 Å². The molecular formula is C17H24N4O3. The minimum absolute atomic E-state index is 0.0340. The summed E-state index contributed by atoms with van der Waals surface area (Å²) in [5, 5.41) is 17.6. The molecule has 2 fully saturated rings. The van der Waals surface area contributed by atoms with Crippen molar-refractivity contribution in [3.05, 3.63) is 17.8 Å². The summed E-state index contributed by atoms with van der Waals surface area (Å²) >= 11 is 0. The Labute approximate surface area is 141 Å². The van der Waals surface area contributed by atoms with E-state index >= 15 is 0 Å². The second-order valence-electron chi connectivity index (χ2n) is 7.06. The van der Waals surface area contributed by atoms with Crippen molar-refractivity contribution in [1.82, 2.24) is 15.1 Å². The van der Waals surface area contributed by atoms with Gasteiger partial charge in [0.25, 0.3) is 0 Å². The largest absolute Gasteiger partial charge is 0.480 e. The zero-order valence-corrected chi connectivity index (χ0v) is 14.2. The van der Waals surface area contributed by atoms with Gasteiger partial charge in [0.1, 0.15) is 6.04 Å². The number of anilines is 1. The summed E-state index contributed by atoms with van der Waals surface area (Å²) < 4.78 is 0. The second kappa shape index (κ2) is 6.37. The number of carboxylic acids is 1. The van der Waals surface area contributed by atoms with Crippen LogP contribution in [0.25, 0.3) is 0 Å². The van der Waals surface area contributed by atoms with Crippen LogP contribution in [0.4, 0.5) is 5.82 Å². The Morgan fingerprint density at radius 1 is 1.25 bits per heavy atom. The molecule has 7 heteroatoms. The lowest BCUT2D eigenvalue weighted by Crippen LogP contribution is -2.55. The minimum atomic E-state index is -0.937. The van der Waals surface area contributed by atoms with Gasteiger partial charge in [0.2, 0.25) is 5.91 Å². The van der Waals surface area contributed by atoms with Gasteiger partial charge in [-0.05, 0) is 50.7 Å². The van der Waals surface area contributed by atoms with E-state index in [2.05, 4.69) is 15.1 Å². The van der Waals surface area contributed by atoms with Gasteiger partial charge in [-0.2, -0.15) is 5.10 Å². The van der Waals surface area contributed by atoms with Crippen molar-refractivity contribution in [2.75, 3.05) is 24.5 Å². The van der Waals surface area contributed by atoms with Crippen molar-refractivity contribution in [3.63, 3.8) is 0 Å². The van der Waals surface area contributed by atoms with Gasteiger partial charge in [-0.15, -0.1) is 5.10 Å². The van der Waals surface area contributed by atoms with Crippen molar-refractivity contribution in [3.8, 4) is 0 Å². The fraction of sp³-hybridized carbons (Fsp3) is 0.647. The number of carbonyl (C=O) groups excluding carboxylic acids is 1. The van der Waals surface area contributed by atoms with E-state index in [1.165, 1.54) is 0 Å². The molecule has 1 aromatic heterocycles. The first-order valence-electron chi connectivity index (χ1n) is 8.48. The highest BCUT2D eigenvalue weighted by Crippen LogP contribution is 2.41. The summed E-state index contributed by atoms with van der Waals surface area (Å²) in [6, 6.07) is 3.20. The summed E-state index contributed by atoms with van der Waals surface area (Å²) in [6.07, 6.45) is 3.18. The summed E-state index contributed by atoms with van der Waals surface area (Å²) in [5.74, 6) is -0.0896. The molecule has 3 heterocycles. The Kier molecular flexibility index (Phi) is 4.43. The van der Waals surface area contributed by atoms with Crippen molar-refractivity contribution in [1.29, 1.82) is 0 Å². The lowest BCUT2D eigenvalue weighted by atomic mass is 9.72. The van der Waals surface area contributed by atoms with Crippen LogP contribution in [0.5, 0.6) is 0 Å². The highest BCUT2D eigenvalue weighted by Gasteiger charge is 2.43. The molecule has 2 aliphatic heterocycles. The molecule has 3 rings (SSSR count). The van der Waals surface area contributed by atoms with Gasteiger partial charge in [0, 0.05) is 26.1 Å². The van der Waals surface area contributed by atoms with Crippen LogP contribution in [0.1, 0.15) is 38.3 Å². The number of likely N-dealkylation sites (tertiary alicyclic amines) is 1. The molecule has 0 aromatic carbocycles. The van der Waals surface area contributed by atoms with Crippen molar-refractivity contribution >= 4 is 17.7 Å². The predicted molar refractivity (Wildman–Crippen MR) is 88.7 cm³/mol. The van der Waals surface area contributed by atoms with Crippen molar-refractivity contribution < 1.29 is 14.7 Å². The van der Waals surface area contributed by atoms with Gasteiger partial charge in [0.15, 0.2) is 5.82 Å². The van der Waals surface area contributed by atoms with Crippen LogP contribution in [-0.2, 0) is 9.59 Å². The highest BCUT2D eigenvalue weighted by molar-refractivity contribution is 5.84. The van der Waals surface area contributed by atoms with E-state index < -0.39 is 12.0 Å². The number of hydrogen-bond acceptors (Lipinski definition) is 5. The van der Waals surface area contributed by atoms with Crippen LogP contribution in [0.2, 0.25) is 0 Å². The first-order chi connectivity index (χ1) is 11.4. The molecule has 0 bridgehead atoms. The van der Waals surface area contributed by atoms with E-state index in [1.807, 2.05) is 19.1 Å². The zero-order chi connectivity index (χ0) is 17.3. The van der Waals surface area contributed by atoms with Crippen LogP contribution < -0.4 is 4.90 Å². The second-order valence-corrected chi connectivity index (χ2v) is 7.06. The van der Waals surface area contributed by atoms with Crippen molar-refractivity contribution in [2.45, 2.75) is 45.6 Å². The molecule has 7 nitrogen and oxygen atoms in total. The van der Waals surface area contributed by atoms with Gasteiger partial charge in [-0.25, -0.2) is 4.79 Å². The fourth-order valence-corrected chi connectivity index (χ4v) is 3.71. The van der Waals surface area contributed by atoms with E-state index in [0.717, 1.165) is 43.9 Å². The van der Waals surface area contributed by atoms with Crippen LogP contribution >= 0.6 is 0 Å². The molecule has 2 saturated heterocycles. The van der Waals surface area contributed by atoms with Crippen LogP contribution in [0, 0.1) is 12.3 Å². The first kappa shape index (κ1) is 16.7. The minimum Gasteiger partial charge on any atom is -0.480 e. The first-order valence-corrected chi connectivity index (χ1v) is 8.48. The molecular weight excluding hydrogens is 308 g/mol. The third kappa shape index (κ3) is 3.20. The molecule has 24 heavy (non-hydrogen) atoms. The quantitative estimate of drug-likeness (QED) is 0.902. The Morgan fingerprint density at radius 3 is 2.54 bits per heavy atom. The van der Waals surface area contributed by atoms with Crippen molar-refractivity contribution in [2.24, 2.45) is 5.41 Å². The number of carboxylic acid groups (broad SMARTS) is 1. The molecule has 1 N–H and O–H groups in total. The molecule has 0 unspecified atom stereocenters. The Morgan fingerprint density at radius 2 is 1.96 bits per heavy atom. The van der Waals surface area contributed by atoms with Crippen LogP contribution in [-0.4, -0.2) is 57.8 Å². The van der Waals surface area contributed by atoms with E-state index in [4.69, 9.17) is 0 Å². The molecule has 0 radical (unpaired) electrons. The van der Waals surface area contributed by atoms with E-state index in [1.54, 1.807) is 11.8 Å². The number of carbonyl (C=O) groups is 2. The maximum absolute atomic E-state index is 12.1. The molecule has 1 aromatic rings. The number of nitrogens with zero attached hydrogens (tertiary/aromatic N) is 4. The number of aromatic nitrogens is 2. The van der Waals surface area contributed by atoms with E-state index in [0.29, 0.717) is 13.0 Å². The third-order valence-electron chi connectivity index (χ3n) is 5.45. The number of rotatable bonds is 3. The SMILES string of the molecule is Cc1ccc(N2CCC3(CCC(=O)N([C@H](C)C(=O)O)C3)CC2)nn1.